The molecule has 148 valence electrons. The molecule has 1 fully saturated rings. The van der Waals surface area contributed by atoms with Crippen molar-refractivity contribution in [2.75, 3.05) is 23.3 Å². The summed E-state index contributed by atoms with van der Waals surface area (Å²) in [6, 6.07) is 5.52. The fourth-order valence-electron chi connectivity index (χ4n) is 3.30. The SMILES string of the molecule is C[C@@H]1CCCN(c2ccc(C(=O)Nc3ccc(F)c(F)c3F)cc2[N+](=O)[O-])C1. The highest BCUT2D eigenvalue weighted by Crippen LogP contribution is 2.32. The van der Waals surface area contributed by atoms with Crippen LogP contribution in [0.15, 0.2) is 30.3 Å². The number of carbonyl (C=O) groups excluding carboxylic acids is 1. The van der Waals surface area contributed by atoms with Crippen molar-refractivity contribution in [2.24, 2.45) is 5.92 Å². The second-order valence-electron chi connectivity index (χ2n) is 6.83. The summed E-state index contributed by atoms with van der Waals surface area (Å²) in [4.78, 5) is 25.2. The van der Waals surface area contributed by atoms with Crippen LogP contribution in [0.25, 0.3) is 0 Å². The predicted molar refractivity (Wildman–Crippen MR) is 98.0 cm³/mol. The first kappa shape index (κ1) is 19.7. The third-order valence-electron chi connectivity index (χ3n) is 4.72. The van der Waals surface area contributed by atoms with E-state index in [0.29, 0.717) is 30.8 Å². The molecule has 1 aliphatic rings. The molecule has 0 unspecified atom stereocenters. The van der Waals surface area contributed by atoms with Crippen molar-refractivity contribution in [3.63, 3.8) is 0 Å². The van der Waals surface area contributed by atoms with Crippen LogP contribution in [0, 0.1) is 33.5 Å². The van der Waals surface area contributed by atoms with Gasteiger partial charge in [0.15, 0.2) is 17.5 Å². The summed E-state index contributed by atoms with van der Waals surface area (Å²) in [5.41, 5.74) is -0.482. The Morgan fingerprint density at radius 3 is 2.64 bits per heavy atom. The van der Waals surface area contributed by atoms with Crippen LogP contribution in [0.2, 0.25) is 0 Å². The number of amides is 1. The van der Waals surface area contributed by atoms with E-state index in [1.165, 1.54) is 12.1 Å². The lowest BCUT2D eigenvalue weighted by Gasteiger charge is -2.32. The summed E-state index contributed by atoms with van der Waals surface area (Å²) in [5.74, 6) is -5.11. The second-order valence-corrected chi connectivity index (χ2v) is 6.83. The Hall–Kier alpha value is -3.10. The molecule has 0 saturated carbocycles. The van der Waals surface area contributed by atoms with Gasteiger partial charge in [0.1, 0.15) is 5.69 Å². The number of nitro benzene ring substituents is 1. The first-order valence-electron chi connectivity index (χ1n) is 8.76. The van der Waals surface area contributed by atoms with Crippen LogP contribution in [-0.2, 0) is 0 Å². The van der Waals surface area contributed by atoms with Gasteiger partial charge in [-0.3, -0.25) is 14.9 Å². The normalized spacial score (nSPS) is 16.7. The van der Waals surface area contributed by atoms with Crippen LogP contribution in [0.1, 0.15) is 30.1 Å². The van der Waals surface area contributed by atoms with Crippen LogP contribution in [0.3, 0.4) is 0 Å². The fraction of sp³-hybridized carbons (Fsp3) is 0.316. The summed E-state index contributed by atoms with van der Waals surface area (Å²) in [6.07, 6.45) is 1.96. The van der Waals surface area contributed by atoms with Crippen molar-refractivity contribution >= 4 is 23.0 Å². The number of piperidine rings is 1. The Morgan fingerprint density at radius 2 is 1.96 bits per heavy atom. The quantitative estimate of drug-likeness (QED) is 0.471. The lowest BCUT2D eigenvalue weighted by Crippen LogP contribution is -2.34. The van der Waals surface area contributed by atoms with E-state index in [9.17, 15) is 28.1 Å². The van der Waals surface area contributed by atoms with Crippen molar-refractivity contribution in [2.45, 2.75) is 19.8 Å². The molecule has 1 amide bonds. The fourth-order valence-corrected chi connectivity index (χ4v) is 3.30. The third-order valence-corrected chi connectivity index (χ3v) is 4.72. The first-order valence-corrected chi connectivity index (χ1v) is 8.76. The van der Waals surface area contributed by atoms with Gasteiger partial charge in [0.05, 0.1) is 10.6 Å². The molecule has 0 spiro atoms. The molecule has 0 bridgehead atoms. The molecule has 2 aromatic rings. The van der Waals surface area contributed by atoms with Crippen LogP contribution in [0.5, 0.6) is 0 Å². The molecule has 6 nitrogen and oxygen atoms in total. The van der Waals surface area contributed by atoms with Gasteiger partial charge in [-0.05, 0) is 43.0 Å². The molecule has 28 heavy (non-hydrogen) atoms. The summed E-state index contributed by atoms with van der Waals surface area (Å²) in [6.45, 7) is 3.42. The highest BCUT2D eigenvalue weighted by molar-refractivity contribution is 6.05. The number of nitro groups is 1. The van der Waals surface area contributed by atoms with Crippen LogP contribution < -0.4 is 10.2 Å². The van der Waals surface area contributed by atoms with Gasteiger partial charge >= 0.3 is 0 Å². The van der Waals surface area contributed by atoms with E-state index in [0.717, 1.165) is 25.0 Å². The minimum absolute atomic E-state index is 0.0929. The number of carbonyl (C=O) groups is 1. The van der Waals surface area contributed by atoms with Crippen molar-refractivity contribution < 1.29 is 22.9 Å². The average molecular weight is 393 g/mol. The van der Waals surface area contributed by atoms with Gasteiger partial charge in [0.25, 0.3) is 11.6 Å². The molecule has 3 rings (SSSR count). The van der Waals surface area contributed by atoms with E-state index in [1.54, 1.807) is 0 Å². The zero-order valence-electron chi connectivity index (χ0n) is 15.0. The second kappa shape index (κ2) is 7.87. The summed E-state index contributed by atoms with van der Waals surface area (Å²) < 4.78 is 40.1. The van der Waals surface area contributed by atoms with E-state index >= 15 is 0 Å². The van der Waals surface area contributed by atoms with Gasteiger partial charge < -0.3 is 10.2 Å². The number of rotatable bonds is 4. The standard InChI is InChI=1S/C19H18F3N3O3/c1-11-3-2-8-24(10-11)15-7-4-12(9-16(15)25(27)28)19(26)23-14-6-5-13(20)17(21)18(14)22/h4-7,9,11H,2-3,8,10H2,1H3,(H,23,26)/t11-/m1/s1. The van der Waals surface area contributed by atoms with Crippen molar-refractivity contribution in [1.82, 2.24) is 0 Å². The molecule has 1 saturated heterocycles. The highest BCUT2D eigenvalue weighted by Gasteiger charge is 2.25. The predicted octanol–water partition coefficient (Wildman–Crippen LogP) is 4.50. The van der Waals surface area contributed by atoms with Gasteiger partial charge in [-0.15, -0.1) is 0 Å². The molecular weight excluding hydrogens is 375 g/mol. The minimum atomic E-state index is -1.71. The van der Waals surface area contributed by atoms with Crippen molar-refractivity contribution in [3.8, 4) is 0 Å². The maximum atomic E-state index is 13.7. The van der Waals surface area contributed by atoms with Crippen LogP contribution in [0.4, 0.5) is 30.2 Å². The highest BCUT2D eigenvalue weighted by atomic mass is 19.2. The summed E-state index contributed by atoms with van der Waals surface area (Å²) in [5, 5.41) is 13.6. The van der Waals surface area contributed by atoms with E-state index in [-0.39, 0.29) is 11.3 Å². The number of hydrogen-bond acceptors (Lipinski definition) is 4. The molecule has 2 aromatic carbocycles. The van der Waals surface area contributed by atoms with Crippen molar-refractivity contribution in [3.05, 3.63) is 63.5 Å². The number of hydrogen-bond donors (Lipinski definition) is 1. The van der Waals surface area contributed by atoms with Gasteiger partial charge in [-0.2, -0.15) is 0 Å². The van der Waals surface area contributed by atoms with E-state index in [4.69, 9.17) is 0 Å². The lowest BCUT2D eigenvalue weighted by atomic mass is 9.99. The van der Waals surface area contributed by atoms with Gasteiger partial charge in [-0.25, -0.2) is 13.2 Å². The topological polar surface area (TPSA) is 75.5 Å². The average Bonchev–Trinajstić information content (AvgIpc) is 2.67. The molecule has 1 aliphatic heterocycles. The third kappa shape index (κ3) is 3.92. The molecule has 9 heteroatoms. The van der Waals surface area contributed by atoms with E-state index in [2.05, 4.69) is 12.2 Å². The van der Waals surface area contributed by atoms with E-state index < -0.39 is 34.0 Å². The zero-order chi connectivity index (χ0) is 20.4. The minimum Gasteiger partial charge on any atom is -0.366 e. The molecule has 0 aromatic heterocycles. The number of halogens is 3. The molecule has 0 radical (unpaired) electrons. The van der Waals surface area contributed by atoms with Gasteiger partial charge in [0.2, 0.25) is 0 Å². The Morgan fingerprint density at radius 1 is 1.21 bits per heavy atom. The number of benzene rings is 2. The van der Waals surface area contributed by atoms with Crippen LogP contribution in [-0.4, -0.2) is 23.9 Å². The maximum absolute atomic E-state index is 13.7. The smallest absolute Gasteiger partial charge is 0.293 e. The lowest BCUT2D eigenvalue weighted by molar-refractivity contribution is -0.384. The number of nitrogens with zero attached hydrogens (tertiary/aromatic N) is 2. The monoisotopic (exact) mass is 393 g/mol. The molecular formula is C19H18F3N3O3. The number of anilines is 2. The van der Waals surface area contributed by atoms with Gasteiger partial charge in [-0.1, -0.05) is 6.92 Å². The Balaban J connectivity index is 1.88. The Kier molecular flexibility index (Phi) is 5.53. The summed E-state index contributed by atoms with van der Waals surface area (Å²) in [7, 11) is 0. The molecule has 1 N–H and O–H groups in total. The van der Waals surface area contributed by atoms with Gasteiger partial charge in [0, 0.05) is 24.7 Å². The summed E-state index contributed by atoms with van der Waals surface area (Å²) >= 11 is 0. The largest absolute Gasteiger partial charge is 0.366 e. The Bertz CT molecular complexity index is 936. The number of nitrogens with one attached hydrogen (secondary N) is 1. The maximum Gasteiger partial charge on any atom is 0.293 e. The van der Waals surface area contributed by atoms with E-state index in [1.807, 2.05) is 4.90 Å². The first-order chi connectivity index (χ1) is 13.3. The van der Waals surface area contributed by atoms with Crippen molar-refractivity contribution in [1.29, 1.82) is 0 Å². The molecule has 1 heterocycles. The van der Waals surface area contributed by atoms with Crippen LogP contribution >= 0.6 is 0 Å². The zero-order valence-corrected chi connectivity index (χ0v) is 15.0. The molecule has 1 atom stereocenters. The molecule has 0 aliphatic carbocycles. The Labute approximate surface area is 159 Å².